The van der Waals surface area contributed by atoms with Crippen LogP contribution in [0.15, 0.2) is 90.0 Å². The second-order valence-electron chi connectivity index (χ2n) is 8.69. The van der Waals surface area contributed by atoms with Crippen LogP contribution in [0.4, 0.5) is 0 Å². The highest BCUT2D eigenvalue weighted by atomic mass is 32.2. The number of H-pyrrole nitrogens is 1. The van der Waals surface area contributed by atoms with Gasteiger partial charge in [-0.25, -0.2) is 8.42 Å². The van der Waals surface area contributed by atoms with Gasteiger partial charge in [0.1, 0.15) is 17.4 Å². The van der Waals surface area contributed by atoms with Crippen LogP contribution in [0.5, 0.6) is 5.75 Å². The van der Waals surface area contributed by atoms with Gasteiger partial charge in [0.05, 0.1) is 5.52 Å². The Morgan fingerprint density at radius 3 is 2.21 bits per heavy atom. The minimum atomic E-state index is -3.55. The highest BCUT2D eigenvalue weighted by Crippen LogP contribution is 2.29. The molecule has 1 aliphatic heterocycles. The number of benzene rings is 3. The number of ether oxygens (including phenoxy) is 1. The van der Waals surface area contributed by atoms with Crippen LogP contribution in [0, 0.1) is 5.92 Å². The third kappa shape index (κ3) is 4.97. The Hall–Kier alpha value is -3.09. The lowest BCUT2D eigenvalue weighted by Crippen LogP contribution is -2.39. The first-order chi connectivity index (χ1) is 16.1. The van der Waals surface area contributed by atoms with Crippen LogP contribution < -0.4 is 4.74 Å². The first-order valence-electron chi connectivity index (χ1n) is 11.4. The number of piperidine rings is 1. The summed E-state index contributed by atoms with van der Waals surface area (Å²) in [4.78, 5) is 3.11. The van der Waals surface area contributed by atoms with Crippen molar-refractivity contribution in [2.75, 3.05) is 13.1 Å². The maximum Gasteiger partial charge on any atom is 0.258 e. The Labute approximate surface area is 195 Å². The molecular weight excluding hydrogens is 432 g/mol. The zero-order chi connectivity index (χ0) is 22.7. The van der Waals surface area contributed by atoms with Crippen molar-refractivity contribution in [1.29, 1.82) is 0 Å². The molecule has 1 saturated heterocycles. The molecule has 4 aromatic rings. The van der Waals surface area contributed by atoms with Gasteiger partial charge in [-0.15, -0.1) is 0 Å². The Balaban J connectivity index is 1.25. The smallest absolute Gasteiger partial charge is 0.258 e. The zero-order valence-corrected chi connectivity index (χ0v) is 19.3. The minimum absolute atomic E-state index is 0.249. The molecule has 33 heavy (non-hydrogen) atoms. The van der Waals surface area contributed by atoms with Crippen molar-refractivity contribution in [3.8, 4) is 5.75 Å². The van der Waals surface area contributed by atoms with Gasteiger partial charge in [-0.1, -0.05) is 60.7 Å². The topological polar surface area (TPSA) is 62.4 Å². The van der Waals surface area contributed by atoms with Gasteiger partial charge in [0.2, 0.25) is 0 Å². The molecule has 1 aliphatic rings. The van der Waals surface area contributed by atoms with Gasteiger partial charge in [0, 0.05) is 24.5 Å². The van der Waals surface area contributed by atoms with Crippen molar-refractivity contribution in [2.24, 2.45) is 5.92 Å². The van der Waals surface area contributed by atoms with Gasteiger partial charge in [-0.05, 0) is 54.5 Å². The van der Waals surface area contributed by atoms with Crippen LogP contribution in [-0.4, -0.2) is 30.8 Å². The van der Waals surface area contributed by atoms with Gasteiger partial charge in [-0.3, -0.25) is 0 Å². The van der Waals surface area contributed by atoms with Crippen LogP contribution in [0.3, 0.4) is 0 Å². The lowest BCUT2D eigenvalue weighted by Gasteiger charge is -2.30. The number of aromatic amines is 1. The van der Waals surface area contributed by atoms with Crippen LogP contribution in [0.2, 0.25) is 0 Å². The number of nitrogens with one attached hydrogen (secondary N) is 1. The normalized spacial score (nSPS) is 15.6. The average Bonchev–Trinajstić information content (AvgIpc) is 3.29. The molecule has 3 aromatic carbocycles. The van der Waals surface area contributed by atoms with E-state index < -0.39 is 10.0 Å². The van der Waals surface area contributed by atoms with Crippen molar-refractivity contribution < 1.29 is 13.2 Å². The van der Waals surface area contributed by atoms with E-state index in [0.717, 1.165) is 35.7 Å². The molecule has 0 amide bonds. The molecule has 2 heterocycles. The standard InChI is InChI=1S/C27H28N2O3S/c30-33(31,29-15-13-22(14-16-29)17-21-7-3-1-4-8-21)27-18-24-11-12-25(19-26(24)28-27)32-20-23-9-5-2-6-10-23/h1-12,18-19,22,28H,13-17,20H2. The summed E-state index contributed by atoms with van der Waals surface area (Å²) in [6, 6.07) is 27.8. The van der Waals surface area contributed by atoms with E-state index in [4.69, 9.17) is 4.74 Å². The summed E-state index contributed by atoms with van der Waals surface area (Å²) in [7, 11) is -3.55. The number of hydrogen-bond acceptors (Lipinski definition) is 3. The Morgan fingerprint density at radius 2 is 1.52 bits per heavy atom. The van der Waals surface area contributed by atoms with E-state index in [1.54, 1.807) is 10.4 Å². The summed E-state index contributed by atoms with van der Waals surface area (Å²) >= 11 is 0. The maximum absolute atomic E-state index is 13.3. The van der Waals surface area contributed by atoms with Crippen molar-refractivity contribution in [2.45, 2.75) is 30.9 Å². The van der Waals surface area contributed by atoms with Crippen LogP contribution in [0.25, 0.3) is 10.9 Å². The fourth-order valence-corrected chi connectivity index (χ4v) is 5.97. The number of rotatable bonds is 7. The van der Waals surface area contributed by atoms with Gasteiger partial charge < -0.3 is 9.72 Å². The third-order valence-corrected chi connectivity index (χ3v) is 8.20. The minimum Gasteiger partial charge on any atom is -0.489 e. The lowest BCUT2D eigenvalue weighted by atomic mass is 9.91. The molecule has 0 bridgehead atoms. The van der Waals surface area contributed by atoms with Crippen LogP contribution >= 0.6 is 0 Å². The molecule has 1 fully saturated rings. The monoisotopic (exact) mass is 460 g/mol. The predicted molar refractivity (Wildman–Crippen MR) is 131 cm³/mol. The molecule has 0 atom stereocenters. The predicted octanol–water partition coefficient (Wildman–Crippen LogP) is 5.39. The molecule has 0 radical (unpaired) electrons. The quantitative estimate of drug-likeness (QED) is 0.402. The molecule has 0 saturated carbocycles. The maximum atomic E-state index is 13.3. The van der Waals surface area contributed by atoms with E-state index in [2.05, 4.69) is 29.2 Å². The van der Waals surface area contributed by atoms with E-state index in [1.165, 1.54) is 5.56 Å². The van der Waals surface area contributed by atoms with Crippen LogP contribution in [-0.2, 0) is 23.1 Å². The van der Waals surface area contributed by atoms with Gasteiger partial charge >= 0.3 is 0 Å². The number of fused-ring (bicyclic) bond motifs is 1. The average molecular weight is 461 g/mol. The fourth-order valence-electron chi connectivity index (χ4n) is 4.49. The summed E-state index contributed by atoms with van der Waals surface area (Å²) in [6.07, 6.45) is 2.77. The van der Waals surface area contributed by atoms with Crippen molar-refractivity contribution in [3.63, 3.8) is 0 Å². The van der Waals surface area contributed by atoms with E-state index in [1.807, 2.05) is 54.6 Å². The second kappa shape index (κ2) is 9.41. The summed E-state index contributed by atoms with van der Waals surface area (Å²) in [5.41, 5.74) is 3.17. The number of sulfonamides is 1. The number of hydrogen-bond donors (Lipinski definition) is 1. The molecule has 6 heteroatoms. The Bertz CT molecular complexity index is 1310. The van der Waals surface area contributed by atoms with E-state index in [9.17, 15) is 8.42 Å². The van der Waals surface area contributed by atoms with Crippen molar-refractivity contribution >= 4 is 20.9 Å². The molecule has 5 nitrogen and oxygen atoms in total. The largest absolute Gasteiger partial charge is 0.489 e. The van der Waals surface area contributed by atoms with Crippen molar-refractivity contribution in [1.82, 2.24) is 9.29 Å². The van der Waals surface area contributed by atoms with E-state index >= 15 is 0 Å². The molecular formula is C27H28N2O3S. The first-order valence-corrected chi connectivity index (χ1v) is 12.9. The molecule has 0 spiro atoms. The number of nitrogens with zero attached hydrogens (tertiary/aromatic N) is 1. The zero-order valence-electron chi connectivity index (χ0n) is 18.5. The van der Waals surface area contributed by atoms with Gasteiger partial charge in [0.25, 0.3) is 10.0 Å². The third-order valence-electron chi connectivity index (χ3n) is 6.38. The van der Waals surface area contributed by atoms with E-state index in [0.29, 0.717) is 31.4 Å². The summed E-state index contributed by atoms with van der Waals surface area (Å²) in [5.74, 6) is 1.23. The van der Waals surface area contributed by atoms with Crippen molar-refractivity contribution in [3.05, 3.63) is 96.1 Å². The summed E-state index contributed by atoms with van der Waals surface area (Å²) < 4.78 is 34.1. The Morgan fingerprint density at radius 1 is 0.848 bits per heavy atom. The summed E-state index contributed by atoms with van der Waals surface area (Å²) in [5, 5.41) is 1.11. The first kappa shape index (κ1) is 21.7. The summed E-state index contributed by atoms with van der Waals surface area (Å²) in [6.45, 7) is 1.58. The molecule has 0 unspecified atom stereocenters. The van der Waals surface area contributed by atoms with E-state index in [-0.39, 0.29) is 5.03 Å². The number of aromatic nitrogens is 1. The molecule has 5 rings (SSSR count). The fraction of sp³-hybridized carbons (Fsp3) is 0.259. The van der Waals surface area contributed by atoms with Crippen LogP contribution in [0.1, 0.15) is 24.0 Å². The lowest BCUT2D eigenvalue weighted by molar-refractivity contribution is 0.272. The second-order valence-corrected chi connectivity index (χ2v) is 10.6. The molecule has 0 aliphatic carbocycles. The SMILES string of the molecule is O=S(=O)(c1cc2ccc(OCc3ccccc3)cc2[nH]1)N1CCC(Cc2ccccc2)CC1. The highest BCUT2D eigenvalue weighted by molar-refractivity contribution is 7.89. The molecule has 1 N–H and O–H groups in total. The molecule has 1 aromatic heterocycles. The highest BCUT2D eigenvalue weighted by Gasteiger charge is 2.30. The van der Waals surface area contributed by atoms with Gasteiger partial charge in [-0.2, -0.15) is 4.31 Å². The molecule has 170 valence electrons. The van der Waals surface area contributed by atoms with Gasteiger partial charge in [0.15, 0.2) is 0 Å². The Kier molecular flexibility index (Phi) is 6.20.